The first-order valence-electron chi connectivity index (χ1n) is 10.4. The Bertz CT molecular complexity index is 1360. The van der Waals surface area contributed by atoms with E-state index in [1.807, 2.05) is 5.43 Å². The van der Waals surface area contributed by atoms with Crippen LogP contribution in [-0.2, 0) is 10.9 Å². The van der Waals surface area contributed by atoms with E-state index in [-0.39, 0.29) is 27.1 Å². The molecule has 15 heteroatoms. The molecule has 0 atom stereocenters. The predicted molar refractivity (Wildman–Crippen MR) is 128 cm³/mol. The van der Waals surface area contributed by atoms with Crippen molar-refractivity contribution in [2.45, 2.75) is 33.1 Å². The van der Waals surface area contributed by atoms with Gasteiger partial charge in [0.05, 0.1) is 22.4 Å². The lowest BCUT2D eigenvalue weighted by atomic mass is 10.1. The van der Waals surface area contributed by atoms with Crippen molar-refractivity contribution in [2.75, 3.05) is 5.32 Å². The molecule has 0 bridgehead atoms. The molecule has 0 spiro atoms. The smallest absolute Gasteiger partial charge is 0.435 e. The number of pyridine rings is 1. The van der Waals surface area contributed by atoms with Crippen molar-refractivity contribution in [3.05, 3.63) is 69.1 Å². The van der Waals surface area contributed by atoms with E-state index >= 15 is 0 Å². The van der Waals surface area contributed by atoms with Gasteiger partial charge in [0.25, 0.3) is 11.8 Å². The zero-order valence-electron chi connectivity index (χ0n) is 19.4. The summed E-state index contributed by atoms with van der Waals surface area (Å²) in [5, 5.41) is 5.94. The number of aromatic nitrogens is 3. The average molecular weight is 559 g/mol. The van der Waals surface area contributed by atoms with Gasteiger partial charge < -0.3 is 10.1 Å². The fraction of sp³-hybridized carbons (Fsp3) is 0.227. The Balaban J connectivity index is 1.99. The fourth-order valence-corrected chi connectivity index (χ4v) is 3.53. The second-order valence-electron chi connectivity index (χ2n) is 7.77. The van der Waals surface area contributed by atoms with Crippen LogP contribution in [-0.4, -0.2) is 38.8 Å². The van der Waals surface area contributed by atoms with Gasteiger partial charge in [-0.05, 0) is 50.6 Å². The van der Waals surface area contributed by atoms with Gasteiger partial charge in [0.15, 0.2) is 11.5 Å². The predicted octanol–water partition coefficient (Wildman–Crippen LogP) is 4.93. The van der Waals surface area contributed by atoms with E-state index in [1.165, 1.54) is 37.4 Å². The minimum atomic E-state index is -4.88. The topological polar surface area (TPSA) is 127 Å². The number of benzene rings is 1. The number of hydrazine groups is 1. The van der Waals surface area contributed by atoms with Gasteiger partial charge in [-0.15, -0.1) is 0 Å². The molecule has 3 rings (SSSR count). The lowest BCUT2D eigenvalue weighted by Crippen LogP contribution is -2.43. The van der Waals surface area contributed by atoms with Gasteiger partial charge in [-0.3, -0.25) is 15.0 Å². The third-order valence-electron chi connectivity index (χ3n) is 4.58. The monoisotopic (exact) mass is 558 g/mol. The highest BCUT2D eigenvalue weighted by molar-refractivity contribution is 6.32. The van der Waals surface area contributed by atoms with Crippen LogP contribution >= 0.6 is 23.2 Å². The first-order valence-corrected chi connectivity index (χ1v) is 11.2. The maximum atomic E-state index is 13.4. The molecule has 0 saturated heterocycles. The highest BCUT2D eigenvalue weighted by Gasteiger charge is 2.37. The number of carbonyl (C=O) groups excluding carboxylic acids is 3. The summed E-state index contributed by atoms with van der Waals surface area (Å²) in [5.74, 6) is -2.17. The van der Waals surface area contributed by atoms with Crippen LogP contribution in [0.4, 0.5) is 23.7 Å². The maximum Gasteiger partial charge on any atom is 0.435 e. The molecular formula is C22H19Cl2F3N6O4. The first-order chi connectivity index (χ1) is 17.3. The molecule has 3 amide bonds. The number of hydrogen-bond donors (Lipinski definition) is 3. The summed E-state index contributed by atoms with van der Waals surface area (Å²) >= 11 is 12.1. The lowest BCUT2D eigenvalue weighted by molar-refractivity contribution is -0.141. The summed E-state index contributed by atoms with van der Waals surface area (Å²) in [6, 6.07) is 5.95. The highest BCUT2D eigenvalue weighted by atomic mass is 35.5. The fourth-order valence-electron chi connectivity index (χ4n) is 3.06. The molecule has 0 fully saturated rings. The lowest BCUT2D eigenvalue weighted by Gasteiger charge is -2.16. The van der Waals surface area contributed by atoms with E-state index < -0.39 is 41.6 Å². The van der Waals surface area contributed by atoms with E-state index in [2.05, 4.69) is 20.8 Å². The number of carbonyl (C=O) groups is 3. The van der Waals surface area contributed by atoms with Crippen molar-refractivity contribution in [2.24, 2.45) is 0 Å². The Morgan fingerprint density at radius 3 is 2.41 bits per heavy atom. The second kappa shape index (κ2) is 11.0. The summed E-state index contributed by atoms with van der Waals surface area (Å²) in [6.45, 7) is 4.71. The molecule has 3 aromatic rings. The molecule has 0 radical (unpaired) electrons. The van der Waals surface area contributed by atoms with Crippen LogP contribution in [0.2, 0.25) is 10.0 Å². The number of aryl methyl sites for hydroxylation is 1. The molecule has 0 aliphatic carbocycles. The third-order valence-corrected chi connectivity index (χ3v) is 5.09. The largest absolute Gasteiger partial charge is 0.446 e. The van der Waals surface area contributed by atoms with Crippen molar-refractivity contribution >= 4 is 46.8 Å². The zero-order chi connectivity index (χ0) is 27.5. The quantitative estimate of drug-likeness (QED) is 0.381. The van der Waals surface area contributed by atoms with Crippen LogP contribution < -0.4 is 16.2 Å². The number of ether oxygens (including phenoxy) is 1. The van der Waals surface area contributed by atoms with Gasteiger partial charge in [-0.25, -0.2) is 19.9 Å². The number of alkyl halides is 3. The van der Waals surface area contributed by atoms with Crippen molar-refractivity contribution < 1.29 is 32.3 Å². The Kier molecular flexibility index (Phi) is 8.28. The number of nitrogens with zero attached hydrogens (tertiary/aromatic N) is 3. The van der Waals surface area contributed by atoms with Gasteiger partial charge in [-0.1, -0.05) is 23.2 Å². The highest BCUT2D eigenvalue weighted by Crippen LogP contribution is 2.31. The number of hydrogen-bond acceptors (Lipinski definition) is 6. The Morgan fingerprint density at radius 2 is 1.78 bits per heavy atom. The van der Waals surface area contributed by atoms with Crippen LogP contribution in [0, 0.1) is 6.92 Å². The van der Waals surface area contributed by atoms with E-state index in [9.17, 15) is 27.6 Å². The summed E-state index contributed by atoms with van der Waals surface area (Å²) in [5.41, 5.74) is 2.25. The van der Waals surface area contributed by atoms with E-state index in [1.54, 1.807) is 13.8 Å². The SMILES string of the molecule is Cc1cc(Cl)cc(C(=O)NNC(=O)OC(C)C)c1NC(=O)c1cc(C(F)(F)F)nn1-c1ncccc1Cl. The molecule has 196 valence electrons. The van der Waals surface area contributed by atoms with Gasteiger partial charge >= 0.3 is 12.3 Å². The van der Waals surface area contributed by atoms with E-state index in [0.29, 0.717) is 16.3 Å². The second-order valence-corrected chi connectivity index (χ2v) is 8.61. The minimum absolute atomic E-state index is 0.0597. The number of anilines is 1. The number of nitrogens with one attached hydrogen (secondary N) is 3. The van der Waals surface area contributed by atoms with Crippen molar-refractivity contribution in [1.29, 1.82) is 0 Å². The molecule has 2 heterocycles. The molecule has 0 aliphatic rings. The summed E-state index contributed by atoms with van der Waals surface area (Å²) in [7, 11) is 0. The van der Waals surface area contributed by atoms with Gasteiger partial charge in [0.1, 0.15) is 5.69 Å². The third kappa shape index (κ3) is 6.68. The first kappa shape index (κ1) is 27.7. The summed E-state index contributed by atoms with van der Waals surface area (Å²) in [4.78, 5) is 41.6. The molecule has 0 aliphatic heterocycles. The van der Waals surface area contributed by atoms with Crippen LogP contribution in [0.3, 0.4) is 0 Å². The number of amides is 3. The summed E-state index contributed by atoms with van der Waals surface area (Å²) in [6.07, 6.45) is -5.01. The van der Waals surface area contributed by atoms with Crippen LogP contribution in [0.25, 0.3) is 5.82 Å². The molecule has 0 saturated carbocycles. The molecule has 3 N–H and O–H groups in total. The maximum absolute atomic E-state index is 13.4. The van der Waals surface area contributed by atoms with E-state index in [0.717, 1.165) is 0 Å². The normalized spacial score (nSPS) is 11.3. The molecule has 37 heavy (non-hydrogen) atoms. The van der Waals surface area contributed by atoms with Gasteiger partial charge in [-0.2, -0.15) is 18.3 Å². The zero-order valence-corrected chi connectivity index (χ0v) is 20.9. The van der Waals surface area contributed by atoms with Crippen LogP contribution in [0.5, 0.6) is 0 Å². The number of halogens is 5. The Labute approximate surface area is 218 Å². The standard InChI is InChI=1S/C22H19Cl2F3N6O4/c1-10(2)37-21(36)31-30-19(34)13-8-12(23)7-11(3)17(13)29-20(35)15-9-16(22(25,26)27)32-33(15)18-14(24)5-4-6-28-18/h4-10H,1-3H3,(H,29,35)(H,30,34)(H,31,36). The van der Waals surface area contributed by atoms with Crippen molar-refractivity contribution in [1.82, 2.24) is 25.6 Å². The Morgan fingerprint density at radius 1 is 1.08 bits per heavy atom. The molecule has 1 aromatic carbocycles. The molecule has 0 unspecified atom stereocenters. The summed E-state index contributed by atoms with van der Waals surface area (Å²) < 4.78 is 45.8. The van der Waals surface area contributed by atoms with E-state index in [4.69, 9.17) is 27.9 Å². The molecular weight excluding hydrogens is 540 g/mol. The van der Waals surface area contributed by atoms with Crippen molar-refractivity contribution in [3.8, 4) is 5.82 Å². The molecule has 2 aromatic heterocycles. The average Bonchev–Trinajstić information content (AvgIpc) is 3.25. The van der Waals surface area contributed by atoms with Gasteiger partial charge in [0, 0.05) is 17.3 Å². The number of rotatable bonds is 5. The van der Waals surface area contributed by atoms with Crippen LogP contribution in [0.15, 0.2) is 36.5 Å². The minimum Gasteiger partial charge on any atom is -0.446 e. The van der Waals surface area contributed by atoms with Gasteiger partial charge in [0.2, 0.25) is 0 Å². The Hall–Kier alpha value is -3.84. The molecule has 10 nitrogen and oxygen atoms in total. The van der Waals surface area contributed by atoms with Crippen molar-refractivity contribution in [3.63, 3.8) is 0 Å². The van der Waals surface area contributed by atoms with Crippen LogP contribution in [0.1, 0.15) is 46.0 Å².